The largest absolute Gasteiger partial charge is 0.394 e. The molecule has 4 nitrogen and oxygen atoms in total. The maximum absolute atomic E-state index is 12.8. The molecular formula is C15H20FNO3. The summed E-state index contributed by atoms with van der Waals surface area (Å²) in [6.45, 7) is 0.684. The van der Waals surface area contributed by atoms with Gasteiger partial charge < -0.3 is 15.2 Å². The second-order valence-electron chi connectivity index (χ2n) is 5.15. The van der Waals surface area contributed by atoms with Crippen LogP contribution in [0.25, 0.3) is 0 Å². The first-order valence-electron chi connectivity index (χ1n) is 6.94. The number of carbonyl (C=O) groups is 1. The van der Waals surface area contributed by atoms with Crippen LogP contribution < -0.4 is 5.32 Å². The van der Waals surface area contributed by atoms with Crippen molar-refractivity contribution in [3.8, 4) is 0 Å². The molecule has 0 radical (unpaired) electrons. The molecule has 20 heavy (non-hydrogen) atoms. The predicted octanol–water partition coefficient (Wildman–Crippen LogP) is 1.88. The fourth-order valence-electron chi connectivity index (χ4n) is 2.60. The first-order valence-corrected chi connectivity index (χ1v) is 6.94. The van der Waals surface area contributed by atoms with Crippen molar-refractivity contribution >= 4 is 5.91 Å². The highest BCUT2D eigenvalue weighted by atomic mass is 19.1. The van der Waals surface area contributed by atoms with Crippen molar-refractivity contribution in [2.24, 2.45) is 0 Å². The molecule has 0 heterocycles. The van der Waals surface area contributed by atoms with Crippen molar-refractivity contribution in [2.45, 2.75) is 31.3 Å². The van der Waals surface area contributed by atoms with E-state index in [1.54, 1.807) is 0 Å². The number of halogens is 1. The van der Waals surface area contributed by atoms with Gasteiger partial charge in [0.05, 0.1) is 18.8 Å². The van der Waals surface area contributed by atoms with Gasteiger partial charge in [-0.25, -0.2) is 4.39 Å². The molecule has 0 atom stereocenters. The van der Waals surface area contributed by atoms with Crippen LogP contribution in [0.3, 0.4) is 0 Å². The van der Waals surface area contributed by atoms with Gasteiger partial charge in [-0.2, -0.15) is 0 Å². The minimum atomic E-state index is -0.363. The fourth-order valence-corrected chi connectivity index (χ4v) is 2.60. The Morgan fingerprint density at radius 3 is 2.55 bits per heavy atom. The van der Waals surface area contributed by atoms with Gasteiger partial charge in [0.25, 0.3) is 5.91 Å². The number of ether oxygens (including phenoxy) is 1. The number of aliphatic hydroxyl groups excluding tert-OH is 1. The third-order valence-electron chi connectivity index (χ3n) is 3.69. The van der Waals surface area contributed by atoms with E-state index in [1.165, 1.54) is 24.3 Å². The van der Waals surface area contributed by atoms with E-state index in [4.69, 9.17) is 9.84 Å². The van der Waals surface area contributed by atoms with Gasteiger partial charge in [-0.3, -0.25) is 4.79 Å². The van der Waals surface area contributed by atoms with Gasteiger partial charge in [0.2, 0.25) is 0 Å². The van der Waals surface area contributed by atoms with Gasteiger partial charge in [0.15, 0.2) is 0 Å². The van der Waals surface area contributed by atoms with E-state index in [0.29, 0.717) is 12.1 Å². The smallest absolute Gasteiger partial charge is 0.251 e. The number of hydrogen-bond donors (Lipinski definition) is 2. The standard InChI is InChI=1S/C15H20FNO3/c16-13-5-3-12(4-6-13)14(19)17-11-15(20-10-9-18)7-1-2-8-15/h3-6,18H,1-2,7-11H2,(H,17,19). The van der Waals surface area contributed by atoms with Crippen molar-refractivity contribution in [3.05, 3.63) is 35.6 Å². The zero-order chi connectivity index (χ0) is 14.4. The molecule has 0 saturated heterocycles. The number of benzene rings is 1. The first-order chi connectivity index (χ1) is 9.65. The van der Waals surface area contributed by atoms with Crippen LogP contribution in [-0.4, -0.2) is 36.4 Å². The van der Waals surface area contributed by atoms with Crippen molar-refractivity contribution in [2.75, 3.05) is 19.8 Å². The third-order valence-corrected chi connectivity index (χ3v) is 3.69. The number of rotatable bonds is 6. The summed E-state index contributed by atoms with van der Waals surface area (Å²) < 4.78 is 18.5. The Bertz CT molecular complexity index is 441. The van der Waals surface area contributed by atoms with Crippen molar-refractivity contribution in [3.63, 3.8) is 0 Å². The molecule has 0 spiro atoms. The maximum atomic E-state index is 12.8. The second kappa shape index (κ2) is 6.81. The Labute approximate surface area is 117 Å². The molecule has 110 valence electrons. The molecule has 2 N–H and O–H groups in total. The Morgan fingerprint density at radius 2 is 1.95 bits per heavy atom. The summed E-state index contributed by atoms with van der Waals surface area (Å²) in [7, 11) is 0. The Hall–Kier alpha value is -1.46. The second-order valence-corrected chi connectivity index (χ2v) is 5.15. The molecule has 1 aliphatic rings. The van der Waals surface area contributed by atoms with E-state index >= 15 is 0 Å². The molecular weight excluding hydrogens is 261 g/mol. The van der Waals surface area contributed by atoms with Crippen LogP contribution in [0.5, 0.6) is 0 Å². The van der Waals surface area contributed by atoms with Crippen LogP contribution in [-0.2, 0) is 4.74 Å². The summed E-state index contributed by atoms with van der Waals surface area (Å²) >= 11 is 0. The molecule has 1 aromatic carbocycles. The number of nitrogens with one attached hydrogen (secondary N) is 1. The van der Waals surface area contributed by atoms with E-state index in [-0.39, 0.29) is 30.5 Å². The number of carbonyl (C=O) groups excluding carboxylic acids is 1. The van der Waals surface area contributed by atoms with Crippen LogP contribution in [0.15, 0.2) is 24.3 Å². The number of aliphatic hydroxyl groups is 1. The van der Waals surface area contributed by atoms with Gasteiger partial charge >= 0.3 is 0 Å². The SMILES string of the molecule is O=C(NCC1(OCCO)CCCC1)c1ccc(F)cc1. The maximum Gasteiger partial charge on any atom is 0.251 e. The van der Waals surface area contributed by atoms with Gasteiger partial charge in [-0.15, -0.1) is 0 Å². The van der Waals surface area contributed by atoms with Gasteiger partial charge in [0.1, 0.15) is 5.82 Å². The Morgan fingerprint density at radius 1 is 1.30 bits per heavy atom. The Kier molecular flexibility index (Phi) is 5.09. The zero-order valence-corrected chi connectivity index (χ0v) is 11.4. The molecule has 1 saturated carbocycles. The molecule has 1 fully saturated rings. The molecule has 0 bridgehead atoms. The molecule has 1 amide bonds. The summed E-state index contributed by atoms with van der Waals surface area (Å²) in [6.07, 6.45) is 3.91. The lowest BCUT2D eigenvalue weighted by atomic mass is 10.0. The lowest BCUT2D eigenvalue weighted by Crippen LogP contribution is -2.43. The van der Waals surface area contributed by atoms with Gasteiger partial charge in [-0.1, -0.05) is 12.8 Å². The van der Waals surface area contributed by atoms with Gasteiger partial charge in [-0.05, 0) is 37.1 Å². The highest BCUT2D eigenvalue weighted by molar-refractivity contribution is 5.94. The van der Waals surface area contributed by atoms with E-state index in [1.807, 2.05) is 0 Å². The zero-order valence-electron chi connectivity index (χ0n) is 11.4. The minimum absolute atomic E-state index is 0.0202. The summed E-state index contributed by atoms with van der Waals surface area (Å²) in [6, 6.07) is 5.45. The molecule has 5 heteroatoms. The third kappa shape index (κ3) is 3.77. The van der Waals surface area contributed by atoms with Crippen molar-refractivity contribution < 1.29 is 19.0 Å². The minimum Gasteiger partial charge on any atom is -0.394 e. The highest BCUT2D eigenvalue weighted by Gasteiger charge is 2.35. The van der Waals surface area contributed by atoms with Crippen molar-refractivity contribution in [1.29, 1.82) is 0 Å². The normalized spacial score (nSPS) is 17.1. The topological polar surface area (TPSA) is 58.6 Å². The van der Waals surface area contributed by atoms with Crippen LogP contribution in [0.2, 0.25) is 0 Å². The molecule has 1 aromatic rings. The molecule has 2 rings (SSSR count). The Balaban J connectivity index is 1.92. The van der Waals surface area contributed by atoms with Crippen LogP contribution in [0.4, 0.5) is 4.39 Å². The number of amides is 1. The summed E-state index contributed by atoms with van der Waals surface area (Å²) in [4.78, 5) is 12.0. The average molecular weight is 281 g/mol. The highest BCUT2D eigenvalue weighted by Crippen LogP contribution is 2.32. The van der Waals surface area contributed by atoms with Gasteiger partial charge in [0, 0.05) is 12.1 Å². The van der Waals surface area contributed by atoms with Crippen LogP contribution in [0.1, 0.15) is 36.0 Å². The van der Waals surface area contributed by atoms with Crippen LogP contribution >= 0.6 is 0 Å². The summed E-state index contributed by atoms with van der Waals surface area (Å²) in [5, 5.41) is 11.7. The number of hydrogen-bond acceptors (Lipinski definition) is 3. The van der Waals surface area contributed by atoms with E-state index in [0.717, 1.165) is 25.7 Å². The molecule has 0 aromatic heterocycles. The van der Waals surface area contributed by atoms with E-state index < -0.39 is 0 Å². The summed E-state index contributed by atoms with van der Waals surface area (Å²) in [5.74, 6) is -0.594. The van der Waals surface area contributed by atoms with Crippen molar-refractivity contribution in [1.82, 2.24) is 5.32 Å². The summed E-state index contributed by atoms with van der Waals surface area (Å²) in [5.41, 5.74) is 0.0695. The average Bonchev–Trinajstić information content (AvgIpc) is 2.93. The fraction of sp³-hybridized carbons (Fsp3) is 0.533. The van der Waals surface area contributed by atoms with E-state index in [9.17, 15) is 9.18 Å². The lowest BCUT2D eigenvalue weighted by Gasteiger charge is -2.29. The van der Waals surface area contributed by atoms with E-state index in [2.05, 4.69) is 5.32 Å². The molecule has 0 unspecified atom stereocenters. The predicted molar refractivity (Wildman–Crippen MR) is 73.0 cm³/mol. The van der Waals surface area contributed by atoms with Crippen LogP contribution in [0, 0.1) is 5.82 Å². The molecule has 0 aliphatic heterocycles. The monoisotopic (exact) mass is 281 g/mol. The molecule has 1 aliphatic carbocycles. The lowest BCUT2D eigenvalue weighted by molar-refractivity contribution is -0.0511. The first kappa shape index (κ1) is 14.9. The quantitative estimate of drug-likeness (QED) is 0.837.